The Hall–Kier alpha value is -2.02. The van der Waals surface area contributed by atoms with E-state index in [0.29, 0.717) is 18.1 Å². The Morgan fingerprint density at radius 1 is 1.32 bits per heavy atom. The monoisotopic (exact) mass is 277 g/mol. The average Bonchev–Trinajstić information content (AvgIpc) is 2.93. The number of nitrogens with one attached hydrogen (secondary N) is 2. The second-order valence-electron chi connectivity index (χ2n) is 3.75. The van der Waals surface area contributed by atoms with Crippen LogP contribution < -0.4 is 10.6 Å². The van der Waals surface area contributed by atoms with E-state index in [0.717, 1.165) is 18.0 Å². The van der Waals surface area contributed by atoms with Crippen molar-refractivity contribution in [1.29, 1.82) is 0 Å². The van der Waals surface area contributed by atoms with E-state index in [-0.39, 0.29) is 5.91 Å². The third kappa shape index (κ3) is 3.99. The molecule has 19 heavy (non-hydrogen) atoms. The topological polar surface area (TPSA) is 79.8 Å². The molecule has 2 aromatic rings. The first-order valence-electron chi connectivity index (χ1n) is 6.02. The molecule has 0 atom stereocenters. The molecule has 6 nitrogen and oxygen atoms in total. The summed E-state index contributed by atoms with van der Waals surface area (Å²) in [5.41, 5.74) is 0.320. The summed E-state index contributed by atoms with van der Waals surface area (Å²) in [6.07, 6.45) is 5.51. The zero-order chi connectivity index (χ0) is 13.5. The van der Waals surface area contributed by atoms with E-state index < -0.39 is 0 Å². The van der Waals surface area contributed by atoms with Crippen molar-refractivity contribution in [1.82, 2.24) is 20.3 Å². The molecular weight excluding hydrogens is 262 g/mol. The van der Waals surface area contributed by atoms with Crippen molar-refractivity contribution in [3.63, 3.8) is 0 Å². The van der Waals surface area contributed by atoms with E-state index in [1.807, 2.05) is 12.3 Å². The zero-order valence-corrected chi connectivity index (χ0v) is 11.4. The maximum atomic E-state index is 11.8. The molecule has 0 unspecified atom stereocenters. The molecular formula is C12H15N5OS. The van der Waals surface area contributed by atoms with Gasteiger partial charge in [-0.2, -0.15) is 0 Å². The largest absolute Gasteiger partial charge is 0.369 e. The average molecular weight is 277 g/mol. The van der Waals surface area contributed by atoms with Crippen molar-refractivity contribution in [2.45, 2.75) is 13.3 Å². The number of thiazole rings is 1. The number of hydrogen-bond donors (Lipinski definition) is 2. The van der Waals surface area contributed by atoms with Gasteiger partial charge in [-0.15, -0.1) is 11.3 Å². The van der Waals surface area contributed by atoms with Crippen LogP contribution in [-0.4, -0.2) is 33.9 Å². The highest BCUT2D eigenvalue weighted by atomic mass is 32.1. The molecule has 2 rings (SSSR count). The lowest BCUT2D eigenvalue weighted by Crippen LogP contribution is -2.26. The first-order valence-corrected chi connectivity index (χ1v) is 6.90. The molecule has 0 fully saturated rings. The van der Waals surface area contributed by atoms with Gasteiger partial charge in [-0.05, 0) is 6.92 Å². The number of carbonyl (C=O) groups is 1. The molecule has 0 aliphatic carbocycles. The normalized spacial score (nSPS) is 10.2. The van der Waals surface area contributed by atoms with Crippen LogP contribution in [0.15, 0.2) is 24.0 Å². The molecule has 0 bridgehead atoms. The minimum absolute atomic E-state index is 0.216. The van der Waals surface area contributed by atoms with Gasteiger partial charge in [0.25, 0.3) is 5.91 Å². The van der Waals surface area contributed by atoms with Crippen LogP contribution >= 0.6 is 11.3 Å². The van der Waals surface area contributed by atoms with Crippen molar-refractivity contribution < 1.29 is 4.79 Å². The fourth-order valence-corrected chi connectivity index (χ4v) is 2.09. The Morgan fingerprint density at radius 2 is 2.21 bits per heavy atom. The summed E-state index contributed by atoms with van der Waals surface area (Å²) >= 11 is 1.58. The molecule has 100 valence electrons. The minimum Gasteiger partial charge on any atom is -0.369 e. The third-order valence-electron chi connectivity index (χ3n) is 2.35. The lowest BCUT2D eigenvalue weighted by atomic mass is 10.4. The Balaban J connectivity index is 1.82. The molecule has 1 amide bonds. The minimum atomic E-state index is -0.216. The summed E-state index contributed by atoms with van der Waals surface area (Å²) in [5, 5.41) is 8.74. The van der Waals surface area contributed by atoms with Gasteiger partial charge in [-0.1, -0.05) is 0 Å². The van der Waals surface area contributed by atoms with Gasteiger partial charge in [-0.25, -0.2) is 15.0 Å². The van der Waals surface area contributed by atoms with Gasteiger partial charge in [0, 0.05) is 31.1 Å². The van der Waals surface area contributed by atoms with Crippen LogP contribution in [0.4, 0.5) is 5.82 Å². The lowest BCUT2D eigenvalue weighted by molar-refractivity contribution is 0.0949. The first-order chi connectivity index (χ1) is 9.29. The van der Waals surface area contributed by atoms with Crippen LogP contribution in [-0.2, 0) is 6.42 Å². The van der Waals surface area contributed by atoms with Crippen molar-refractivity contribution in [2.24, 2.45) is 0 Å². The number of amides is 1. The van der Waals surface area contributed by atoms with E-state index in [1.54, 1.807) is 23.7 Å². The van der Waals surface area contributed by atoms with Gasteiger partial charge >= 0.3 is 0 Å². The van der Waals surface area contributed by atoms with E-state index in [9.17, 15) is 4.79 Å². The number of rotatable bonds is 6. The highest BCUT2D eigenvalue weighted by molar-refractivity contribution is 7.09. The number of carbonyl (C=O) groups excluding carboxylic acids is 1. The predicted molar refractivity (Wildman–Crippen MR) is 74.3 cm³/mol. The summed E-state index contributed by atoms with van der Waals surface area (Å²) in [6, 6.07) is 0. The van der Waals surface area contributed by atoms with E-state index in [4.69, 9.17) is 0 Å². The van der Waals surface area contributed by atoms with Crippen LogP contribution in [0.25, 0.3) is 0 Å². The quantitative estimate of drug-likeness (QED) is 0.833. The number of aromatic nitrogens is 3. The Morgan fingerprint density at radius 3 is 2.84 bits per heavy atom. The van der Waals surface area contributed by atoms with Crippen LogP contribution in [0.2, 0.25) is 0 Å². The van der Waals surface area contributed by atoms with Crippen LogP contribution in [0.3, 0.4) is 0 Å². The van der Waals surface area contributed by atoms with Gasteiger partial charge < -0.3 is 10.6 Å². The number of hydrogen-bond acceptors (Lipinski definition) is 6. The van der Waals surface area contributed by atoms with Crippen LogP contribution in [0, 0.1) is 0 Å². The summed E-state index contributed by atoms with van der Waals surface area (Å²) in [6.45, 7) is 3.29. The smallest absolute Gasteiger partial charge is 0.271 e. The predicted octanol–water partition coefficient (Wildman–Crippen LogP) is 1.34. The van der Waals surface area contributed by atoms with Gasteiger partial charge in [0.1, 0.15) is 11.5 Å². The van der Waals surface area contributed by atoms with Crippen molar-refractivity contribution >= 4 is 23.1 Å². The second kappa shape index (κ2) is 6.79. The fraction of sp³-hybridized carbons (Fsp3) is 0.333. The second-order valence-corrected chi connectivity index (χ2v) is 4.73. The van der Waals surface area contributed by atoms with Crippen molar-refractivity contribution in [3.05, 3.63) is 34.7 Å². The molecule has 0 saturated heterocycles. The van der Waals surface area contributed by atoms with Crippen LogP contribution in [0.1, 0.15) is 22.4 Å². The molecule has 0 spiro atoms. The first kappa shape index (κ1) is 13.4. The summed E-state index contributed by atoms with van der Waals surface area (Å²) in [5.74, 6) is 0.453. The Bertz CT molecular complexity index is 511. The summed E-state index contributed by atoms with van der Waals surface area (Å²) in [4.78, 5) is 24.1. The van der Waals surface area contributed by atoms with Gasteiger partial charge in [0.2, 0.25) is 0 Å². The Labute approximate surface area is 115 Å². The summed E-state index contributed by atoms with van der Waals surface area (Å²) in [7, 11) is 0. The molecule has 0 radical (unpaired) electrons. The van der Waals surface area contributed by atoms with E-state index in [2.05, 4.69) is 25.6 Å². The molecule has 2 heterocycles. The molecule has 7 heteroatoms. The van der Waals surface area contributed by atoms with Crippen molar-refractivity contribution in [2.75, 3.05) is 18.4 Å². The maximum absolute atomic E-state index is 11.8. The SMILES string of the molecule is CCNc1cnc(C(=O)NCCc2nccs2)cn1. The Kier molecular flexibility index (Phi) is 4.79. The standard InChI is InChI=1S/C12H15N5OS/c1-2-13-10-8-16-9(7-17-10)12(18)15-4-3-11-14-5-6-19-11/h5-8H,2-4H2,1H3,(H,13,17)(H,15,18). The van der Waals surface area contributed by atoms with Gasteiger partial charge in [0.05, 0.1) is 17.4 Å². The highest BCUT2D eigenvalue weighted by Crippen LogP contribution is 2.04. The van der Waals surface area contributed by atoms with E-state index in [1.165, 1.54) is 6.20 Å². The molecule has 2 N–H and O–H groups in total. The molecule has 0 aromatic carbocycles. The lowest BCUT2D eigenvalue weighted by Gasteiger charge is -2.04. The number of anilines is 1. The molecule has 0 aliphatic rings. The summed E-state index contributed by atoms with van der Waals surface area (Å²) < 4.78 is 0. The third-order valence-corrected chi connectivity index (χ3v) is 3.19. The highest BCUT2D eigenvalue weighted by Gasteiger charge is 2.07. The maximum Gasteiger partial charge on any atom is 0.271 e. The number of nitrogens with zero attached hydrogens (tertiary/aromatic N) is 3. The molecule has 0 saturated carbocycles. The van der Waals surface area contributed by atoms with E-state index >= 15 is 0 Å². The fourth-order valence-electron chi connectivity index (χ4n) is 1.47. The zero-order valence-electron chi connectivity index (χ0n) is 10.6. The van der Waals surface area contributed by atoms with Crippen molar-refractivity contribution in [3.8, 4) is 0 Å². The van der Waals surface area contributed by atoms with Gasteiger partial charge in [0.15, 0.2) is 0 Å². The van der Waals surface area contributed by atoms with Crippen LogP contribution in [0.5, 0.6) is 0 Å². The van der Waals surface area contributed by atoms with Gasteiger partial charge in [-0.3, -0.25) is 4.79 Å². The molecule has 2 aromatic heterocycles. The molecule has 0 aliphatic heterocycles.